The number of hydrogen-bond acceptors (Lipinski definition) is 4. The van der Waals surface area contributed by atoms with E-state index in [2.05, 4.69) is 20.4 Å². The molecule has 2 aliphatic heterocycles. The van der Waals surface area contributed by atoms with Crippen molar-refractivity contribution in [3.05, 3.63) is 35.4 Å². The van der Waals surface area contributed by atoms with Crippen molar-refractivity contribution < 1.29 is 24.3 Å². The molecule has 1 aromatic rings. The van der Waals surface area contributed by atoms with Crippen LogP contribution < -0.4 is 9.64 Å². The standard InChI is InChI=1S/C26H35NO4/c1-15-6-5-8-26(3)13-24-19(11-21(15)26)20(25(29)31-24)14-27-9-7-17-10-22(28)23(30-4)12-18(17)16(27)2/h10,12,16,19-21,24,28H,1,5-9,11,13-14H2,2-4H3/p+1/t16-,19-,20+,21+,24+,26+/m1/s1. The molecule has 5 nitrogen and oxygen atoms in total. The smallest absolute Gasteiger partial charge is 0.315 e. The molecule has 7 atom stereocenters. The van der Waals surface area contributed by atoms with Crippen molar-refractivity contribution in [2.45, 2.75) is 64.5 Å². The lowest BCUT2D eigenvalue weighted by molar-refractivity contribution is -0.934. The number of quaternary nitrogens is 1. The second-order valence-electron chi connectivity index (χ2n) is 10.7. The number of carbonyl (C=O) groups is 1. The van der Waals surface area contributed by atoms with Crippen molar-refractivity contribution in [2.75, 3.05) is 20.2 Å². The molecule has 0 bridgehead atoms. The third kappa shape index (κ3) is 3.36. The van der Waals surface area contributed by atoms with Crippen LogP contribution in [0.1, 0.15) is 63.1 Å². The van der Waals surface area contributed by atoms with Crippen molar-refractivity contribution >= 4 is 5.97 Å². The first-order chi connectivity index (χ1) is 14.8. The summed E-state index contributed by atoms with van der Waals surface area (Å²) in [6.45, 7) is 10.8. The number of benzene rings is 1. The topological polar surface area (TPSA) is 60.2 Å². The van der Waals surface area contributed by atoms with Crippen LogP contribution in [0.25, 0.3) is 0 Å². The fourth-order valence-electron chi connectivity index (χ4n) is 7.19. The lowest BCUT2D eigenvalue weighted by Crippen LogP contribution is -3.13. The van der Waals surface area contributed by atoms with Crippen LogP contribution in [0.3, 0.4) is 0 Å². The summed E-state index contributed by atoms with van der Waals surface area (Å²) in [5, 5.41) is 10.1. The van der Waals surface area contributed by atoms with Gasteiger partial charge in [-0.05, 0) is 68.1 Å². The van der Waals surface area contributed by atoms with Crippen LogP contribution in [0.15, 0.2) is 24.3 Å². The Bertz CT molecular complexity index is 911. The molecule has 0 aromatic heterocycles. The third-order valence-corrected chi connectivity index (χ3v) is 9.04. The number of rotatable bonds is 3. The first-order valence-electron chi connectivity index (χ1n) is 11.9. The van der Waals surface area contributed by atoms with Gasteiger partial charge >= 0.3 is 5.97 Å². The summed E-state index contributed by atoms with van der Waals surface area (Å²) in [5.74, 6) is 1.56. The second-order valence-corrected chi connectivity index (χ2v) is 10.7. The molecule has 2 N–H and O–H groups in total. The fraction of sp³-hybridized carbons (Fsp3) is 0.654. The van der Waals surface area contributed by atoms with E-state index >= 15 is 0 Å². The molecule has 0 amide bonds. The van der Waals surface area contributed by atoms with Crippen LogP contribution in [-0.4, -0.2) is 37.4 Å². The van der Waals surface area contributed by atoms with Gasteiger partial charge in [-0.1, -0.05) is 19.1 Å². The van der Waals surface area contributed by atoms with E-state index in [1.807, 2.05) is 12.1 Å². The molecule has 5 heteroatoms. The highest BCUT2D eigenvalue weighted by Crippen LogP contribution is 2.56. The lowest BCUT2D eigenvalue weighted by Gasteiger charge is -2.50. The average Bonchev–Trinajstić information content (AvgIpc) is 3.02. The van der Waals surface area contributed by atoms with Gasteiger partial charge in [0.05, 0.1) is 20.2 Å². The van der Waals surface area contributed by atoms with E-state index in [0.717, 1.165) is 38.8 Å². The molecular weight excluding hydrogens is 390 g/mol. The van der Waals surface area contributed by atoms with E-state index in [0.29, 0.717) is 17.6 Å². The van der Waals surface area contributed by atoms with Gasteiger partial charge in [0.1, 0.15) is 18.1 Å². The van der Waals surface area contributed by atoms with Gasteiger partial charge in [-0.15, -0.1) is 0 Å². The molecule has 168 valence electrons. The maximum absolute atomic E-state index is 13.0. The van der Waals surface area contributed by atoms with Crippen LogP contribution >= 0.6 is 0 Å². The lowest BCUT2D eigenvalue weighted by atomic mass is 9.55. The van der Waals surface area contributed by atoms with Gasteiger partial charge in [-0.2, -0.15) is 0 Å². The van der Waals surface area contributed by atoms with Crippen LogP contribution in [0, 0.1) is 23.2 Å². The van der Waals surface area contributed by atoms with Crippen molar-refractivity contribution in [1.29, 1.82) is 0 Å². The van der Waals surface area contributed by atoms with Crippen molar-refractivity contribution in [3.63, 3.8) is 0 Å². The van der Waals surface area contributed by atoms with E-state index < -0.39 is 0 Å². The molecule has 2 saturated carbocycles. The number of allylic oxidation sites excluding steroid dienone is 1. The van der Waals surface area contributed by atoms with Gasteiger partial charge < -0.3 is 19.5 Å². The number of esters is 1. The molecule has 1 unspecified atom stereocenters. The number of phenolic OH excluding ortho intramolecular Hbond substituents is 1. The number of fused-ring (bicyclic) bond motifs is 3. The summed E-state index contributed by atoms with van der Waals surface area (Å²) in [6.07, 6.45) is 6.60. The Morgan fingerprint density at radius 3 is 2.94 bits per heavy atom. The minimum absolute atomic E-state index is 0.0108. The van der Waals surface area contributed by atoms with Crippen LogP contribution in [-0.2, 0) is 16.0 Å². The molecule has 0 spiro atoms. The largest absolute Gasteiger partial charge is 0.504 e. The van der Waals surface area contributed by atoms with Crippen molar-refractivity contribution in [2.24, 2.45) is 23.2 Å². The first-order valence-corrected chi connectivity index (χ1v) is 11.9. The molecule has 31 heavy (non-hydrogen) atoms. The zero-order valence-electron chi connectivity index (χ0n) is 19.1. The number of hydrogen-bond donors (Lipinski definition) is 2. The quantitative estimate of drug-likeness (QED) is 0.576. The number of methoxy groups -OCH3 is 1. The summed E-state index contributed by atoms with van der Waals surface area (Å²) >= 11 is 0. The number of phenols is 1. The van der Waals surface area contributed by atoms with Gasteiger partial charge in [0.2, 0.25) is 0 Å². The van der Waals surface area contributed by atoms with E-state index in [9.17, 15) is 9.90 Å². The Morgan fingerprint density at radius 2 is 2.16 bits per heavy atom. The maximum atomic E-state index is 13.0. The maximum Gasteiger partial charge on any atom is 0.315 e. The normalized spacial score (nSPS) is 39.3. The predicted molar refractivity (Wildman–Crippen MR) is 118 cm³/mol. The molecule has 4 aliphatic rings. The van der Waals surface area contributed by atoms with Gasteiger partial charge in [-0.25, -0.2) is 0 Å². The number of aromatic hydroxyl groups is 1. The molecule has 1 aromatic carbocycles. The Balaban J connectivity index is 1.36. The Kier molecular flexibility index (Phi) is 5.08. The van der Waals surface area contributed by atoms with Crippen LogP contribution in [0.2, 0.25) is 0 Å². The summed E-state index contributed by atoms with van der Waals surface area (Å²) < 4.78 is 11.3. The van der Waals surface area contributed by atoms with Crippen molar-refractivity contribution in [1.82, 2.24) is 0 Å². The minimum atomic E-state index is -0.0257. The summed E-state index contributed by atoms with van der Waals surface area (Å²) in [5.41, 5.74) is 4.04. The number of carbonyl (C=O) groups excluding carboxylic acids is 1. The van der Waals surface area contributed by atoms with E-state index in [-0.39, 0.29) is 35.2 Å². The van der Waals surface area contributed by atoms with Gasteiger partial charge in [-0.3, -0.25) is 4.79 Å². The van der Waals surface area contributed by atoms with Gasteiger partial charge in [0, 0.05) is 17.9 Å². The molecule has 1 saturated heterocycles. The summed E-state index contributed by atoms with van der Waals surface area (Å²) in [4.78, 5) is 14.4. The number of nitrogens with one attached hydrogen (secondary N) is 1. The predicted octanol–water partition coefficient (Wildman–Crippen LogP) is 3.22. The van der Waals surface area contributed by atoms with Crippen LogP contribution in [0.5, 0.6) is 11.5 Å². The van der Waals surface area contributed by atoms with Gasteiger partial charge in [0.25, 0.3) is 0 Å². The van der Waals surface area contributed by atoms with E-state index in [1.54, 1.807) is 7.11 Å². The monoisotopic (exact) mass is 426 g/mol. The highest BCUT2D eigenvalue weighted by molar-refractivity contribution is 5.75. The van der Waals surface area contributed by atoms with Crippen LogP contribution in [0.4, 0.5) is 0 Å². The fourth-order valence-corrected chi connectivity index (χ4v) is 7.19. The van der Waals surface area contributed by atoms with E-state index in [1.165, 1.54) is 34.4 Å². The second kappa shape index (κ2) is 7.54. The molecule has 5 rings (SSSR count). The minimum Gasteiger partial charge on any atom is -0.504 e. The Labute approximate surface area is 185 Å². The number of ether oxygens (including phenoxy) is 2. The molecular formula is C26H36NO4+. The van der Waals surface area contributed by atoms with Crippen molar-refractivity contribution in [3.8, 4) is 11.5 Å². The molecule has 2 aliphatic carbocycles. The Hall–Kier alpha value is -2.01. The zero-order chi connectivity index (χ0) is 21.9. The van der Waals surface area contributed by atoms with E-state index in [4.69, 9.17) is 9.47 Å². The highest BCUT2D eigenvalue weighted by atomic mass is 16.6. The highest BCUT2D eigenvalue weighted by Gasteiger charge is 2.56. The average molecular weight is 427 g/mol. The molecule has 0 radical (unpaired) electrons. The summed E-state index contributed by atoms with van der Waals surface area (Å²) in [7, 11) is 1.59. The molecule has 2 heterocycles. The van der Waals surface area contributed by atoms with Gasteiger partial charge in [0.15, 0.2) is 11.5 Å². The first kappa shape index (κ1) is 20.9. The third-order valence-electron chi connectivity index (χ3n) is 9.04. The zero-order valence-corrected chi connectivity index (χ0v) is 19.1. The SMILES string of the molecule is C=C1CCC[C@@]2(C)C[C@@H]3OC(=O)[C@@H](C[NH+]4CCc5cc(O)c(OC)cc5[C@H]4C)[C@H]3C[C@@H]12. The molecule has 3 fully saturated rings. The Morgan fingerprint density at radius 1 is 1.35 bits per heavy atom. The summed E-state index contributed by atoms with van der Waals surface area (Å²) in [6, 6.07) is 4.07.